The summed E-state index contributed by atoms with van der Waals surface area (Å²) in [4.78, 5) is 0. The van der Waals surface area contributed by atoms with Gasteiger partial charge in [0.2, 0.25) is 0 Å². The highest BCUT2D eigenvalue weighted by Gasteiger charge is 2.27. The molecule has 0 aromatic heterocycles. The molecule has 14 heavy (non-hydrogen) atoms. The molecule has 1 saturated heterocycles. The number of nitrogens with one attached hydrogen (secondary N) is 1. The maximum atomic E-state index is 9.95. The Kier molecular flexibility index (Phi) is 3.82. The fraction of sp³-hybridized carbons (Fsp3) is 1.00. The predicted octanol–water partition coefficient (Wildman–Crippen LogP) is 2.07. The third-order valence-corrected chi connectivity index (χ3v) is 3.88. The van der Waals surface area contributed by atoms with Gasteiger partial charge in [-0.3, -0.25) is 0 Å². The van der Waals surface area contributed by atoms with Crippen LogP contribution in [0.15, 0.2) is 0 Å². The van der Waals surface area contributed by atoms with E-state index < -0.39 is 0 Å². The van der Waals surface area contributed by atoms with E-state index in [0.717, 1.165) is 18.9 Å². The normalized spacial score (nSPS) is 31.9. The van der Waals surface area contributed by atoms with Gasteiger partial charge in [-0.15, -0.1) is 0 Å². The van der Waals surface area contributed by atoms with Crippen LogP contribution in [0.1, 0.15) is 51.4 Å². The lowest BCUT2D eigenvalue weighted by molar-refractivity contribution is 0.0699. The van der Waals surface area contributed by atoms with Gasteiger partial charge in [0.15, 0.2) is 0 Å². The van der Waals surface area contributed by atoms with E-state index in [1.807, 2.05) is 0 Å². The van der Waals surface area contributed by atoms with Crippen LogP contribution in [0, 0.1) is 5.92 Å². The molecule has 2 N–H and O–H groups in total. The van der Waals surface area contributed by atoms with Crippen LogP contribution in [-0.2, 0) is 0 Å². The van der Waals surface area contributed by atoms with E-state index in [2.05, 4.69) is 5.32 Å². The average molecular weight is 197 g/mol. The molecule has 2 rings (SSSR count). The van der Waals surface area contributed by atoms with Gasteiger partial charge in [-0.2, -0.15) is 0 Å². The van der Waals surface area contributed by atoms with Crippen LogP contribution in [-0.4, -0.2) is 23.8 Å². The quantitative estimate of drug-likeness (QED) is 0.679. The molecule has 0 aromatic carbocycles. The summed E-state index contributed by atoms with van der Waals surface area (Å²) in [7, 11) is 0. The zero-order valence-electron chi connectivity index (χ0n) is 9.04. The van der Waals surface area contributed by atoms with Gasteiger partial charge < -0.3 is 10.4 Å². The topological polar surface area (TPSA) is 32.3 Å². The second-order valence-corrected chi connectivity index (χ2v) is 5.01. The lowest BCUT2D eigenvalue weighted by atomic mass is 9.88. The molecular weight excluding hydrogens is 174 g/mol. The fourth-order valence-corrected chi connectivity index (χ4v) is 2.74. The lowest BCUT2D eigenvalue weighted by Gasteiger charge is -2.33. The van der Waals surface area contributed by atoms with Crippen LogP contribution in [0.25, 0.3) is 0 Å². The summed E-state index contributed by atoms with van der Waals surface area (Å²) >= 11 is 0. The standard InChI is InChI=1S/C12H23NO/c14-12(11-7-8-13-11)9-10-5-3-1-2-4-6-10/h10-14H,1-9H2. The molecule has 2 fully saturated rings. The second kappa shape index (κ2) is 5.13. The Morgan fingerprint density at radius 2 is 1.71 bits per heavy atom. The predicted molar refractivity (Wildman–Crippen MR) is 58.2 cm³/mol. The molecule has 0 bridgehead atoms. The number of aliphatic hydroxyl groups is 1. The number of hydrogen-bond donors (Lipinski definition) is 2. The molecule has 2 aliphatic rings. The third-order valence-electron chi connectivity index (χ3n) is 3.88. The summed E-state index contributed by atoms with van der Waals surface area (Å²) < 4.78 is 0. The van der Waals surface area contributed by atoms with Crippen LogP contribution in [0.3, 0.4) is 0 Å². The van der Waals surface area contributed by atoms with Crippen LogP contribution in [0.4, 0.5) is 0 Å². The highest BCUT2D eigenvalue weighted by atomic mass is 16.3. The molecule has 0 spiro atoms. The van der Waals surface area contributed by atoms with Crippen LogP contribution >= 0.6 is 0 Å². The Hall–Kier alpha value is -0.0800. The van der Waals surface area contributed by atoms with Gasteiger partial charge in [0, 0.05) is 6.04 Å². The first-order valence-electron chi connectivity index (χ1n) is 6.28. The SMILES string of the molecule is OC(CC1CCCCCC1)C1CCN1. The van der Waals surface area contributed by atoms with Crippen molar-refractivity contribution < 1.29 is 5.11 Å². The Morgan fingerprint density at radius 1 is 1.07 bits per heavy atom. The van der Waals surface area contributed by atoms with Crippen LogP contribution in [0.2, 0.25) is 0 Å². The van der Waals surface area contributed by atoms with E-state index in [0.29, 0.717) is 6.04 Å². The van der Waals surface area contributed by atoms with Crippen molar-refractivity contribution in [2.24, 2.45) is 5.92 Å². The van der Waals surface area contributed by atoms with Gasteiger partial charge in [-0.05, 0) is 25.3 Å². The lowest BCUT2D eigenvalue weighted by Crippen LogP contribution is -2.51. The molecular formula is C12H23NO. The summed E-state index contributed by atoms with van der Waals surface area (Å²) in [6.45, 7) is 1.10. The highest BCUT2D eigenvalue weighted by molar-refractivity contribution is 4.85. The van der Waals surface area contributed by atoms with Gasteiger partial charge in [-0.25, -0.2) is 0 Å². The van der Waals surface area contributed by atoms with Crippen molar-refractivity contribution >= 4 is 0 Å². The fourth-order valence-electron chi connectivity index (χ4n) is 2.74. The highest BCUT2D eigenvalue weighted by Crippen LogP contribution is 2.28. The number of rotatable bonds is 3. The first-order valence-corrected chi connectivity index (χ1v) is 6.28. The van der Waals surface area contributed by atoms with Crippen molar-refractivity contribution in [1.29, 1.82) is 0 Å². The average Bonchev–Trinajstić information content (AvgIpc) is 2.29. The molecule has 2 nitrogen and oxygen atoms in total. The van der Waals surface area contributed by atoms with Crippen molar-refractivity contribution in [2.45, 2.75) is 63.5 Å². The molecule has 2 heteroatoms. The molecule has 1 aliphatic carbocycles. The molecule has 82 valence electrons. The summed E-state index contributed by atoms with van der Waals surface area (Å²) in [5, 5.41) is 13.3. The zero-order valence-corrected chi connectivity index (χ0v) is 9.04. The molecule has 2 atom stereocenters. The molecule has 0 amide bonds. The summed E-state index contributed by atoms with van der Waals surface area (Å²) in [5.74, 6) is 0.801. The number of aliphatic hydroxyl groups excluding tert-OH is 1. The Balaban J connectivity index is 1.71. The minimum absolute atomic E-state index is 0.0770. The smallest absolute Gasteiger partial charge is 0.0696 e. The van der Waals surface area contributed by atoms with Gasteiger partial charge in [0.05, 0.1) is 6.10 Å². The van der Waals surface area contributed by atoms with Crippen LogP contribution < -0.4 is 5.32 Å². The summed E-state index contributed by atoms with van der Waals surface area (Å²) in [5.41, 5.74) is 0. The molecule has 1 heterocycles. The molecule has 0 radical (unpaired) electrons. The van der Waals surface area contributed by atoms with Gasteiger partial charge >= 0.3 is 0 Å². The van der Waals surface area contributed by atoms with E-state index in [9.17, 15) is 5.11 Å². The first-order chi connectivity index (χ1) is 6.86. The minimum Gasteiger partial charge on any atom is -0.391 e. The van der Waals surface area contributed by atoms with Crippen molar-refractivity contribution in [1.82, 2.24) is 5.32 Å². The van der Waals surface area contributed by atoms with E-state index in [1.54, 1.807) is 0 Å². The molecule has 1 aliphatic heterocycles. The Bertz CT molecular complexity index is 160. The van der Waals surface area contributed by atoms with E-state index >= 15 is 0 Å². The molecule has 0 aromatic rings. The molecule has 2 unspecified atom stereocenters. The number of hydrogen-bond acceptors (Lipinski definition) is 2. The van der Waals surface area contributed by atoms with E-state index in [4.69, 9.17) is 0 Å². The van der Waals surface area contributed by atoms with Gasteiger partial charge in [0.1, 0.15) is 0 Å². The van der Waals surface area contributed by atoms with Crippen molar-refractivity contribution in [3.63, 3.8) is 0 Å². The Labute approximate surface area is 87.1 Å². The van der Waals surface area contributed by atoms with E-state index in [-0.39, 0.29) is 6.10 Å². The monoisotopic (exact) mass is 197 g/mol. The second-order valence-electron chi connectivity index (χ2n) is 5.01. The van der Waals surface area contributed by atoms with Crippen molar-refractivity contribution in [2.75, 3.05) is 6.54 Å². The maximum absolute atomic E-state index is 9.95. The first kappa shape index (κ1) is 10.4. The molecule has 1 saturated carbocycles. The summed E-state index contributed by atoms with van der Waals surface area (Å²) in [6.07, 6.45) is 10.4. The van der Waals surface area contributed by atoms with Crippen molar-refractivity contribution in [3.8, 4) is 0 Å². The summed E-state index contributed by atoms with van der Waals surface area (Å²) in [6, 6.07) is 0.415. The largest absolute Gasteiger partial charge is 0.391 e. The Morgan fingerprint density at radius 3 is 2.21 bits per heavy atom. The minimum atomic E-state index is -0.0770. The van der Waals surface area contributed by atoms with Gasteiger partial charge in [0.25, 0.3) is 0 Å². The maximum Gasteiger partial charge on any atom is 0.0696 e. The van der Waals surface area contributed by atoms with Gasteiger partial charge in [-0.1, -0.05) is 38.5 Å². The van der Waals surface area contributed by atoms with Crippen molar-refractivity contribution in [3.05, 3.63) is 0 Å². The van der Waals surface area contributed by atoms with E-state index in [1.165, 1.54) is 44.9 Å². The third kappa shape index (κ3) is 2.71. The zero-order chi connectivity index (χ0) is 9.80. The van der Waals surface area contributed by atoms with Crippen LogP contribution in [0.5, 0.6) is 0 Å².